The standard InChI is InChI=1S/C15H11ClN6/c1-8-14(22-11(4-5-20-22)15(17)21-8)9-2-3-10-13(12(9)16)19-7-6-18-10/h2-7H,1H3,(H2,17,21). The van der Waals surface area contributed by atoms with Crippen molar-refractivity contribution in [3.8, 4) is 11.3 Å². The van der Waals surface area contributed by atoms with Gasteiger partial charge >= 0.3 is 0 Å². The highest BCUT2D eigenvalue weighted by Gasteiger charge is 2.17. The van der Waals surface area contributed by atoms with Gasteiger partial charge in [0.1, 0.15) is 16.9 Å². The molecule has 0 radical (unpaired) electrons. The largest absolute Gasteiger partial charge is 0.382 e. The molecule has 22 heavy (non-hydrogen) atoms. The molecule has 4 aromatic rings. The topological polar surface area (TPSA) is 82.0 Å². The Labute approximate surface area is 130 Å². The van der Waals surface area contributed by atoms with E-state index in [1.165, 1.54) is 0 Å². The van der Waals surface area contributed by atoms with E-state index in [0.29, 0.717) is 16.4 Å². The molecule has 7 heteroatoms. The van der Waals surface area contributed by atoms with Crippen molar-refractivity contribution in [2.75, 3.05) is 5.73 Å². The molecule has 0 amide bonds. The fourth-order valence-electron chi connectivity index (χ4n) is 2.61. The van der Waals surface area contributed by atoms with Crippen LogP contribution < -0.4 is 5.73 Å². The minimum Gasteiger partial charge on any atom is -0.382 e. The van der Waals surface area contributed by atoms with Crippen molar-refractivity contribution >= 4 is 34.0 Å². The number of halogens is 1. The summed E-state index contributed by atoms with van der Waals surface area (Å²) in [6.07, 6.45) is 4.95. The molecule has 0 aliphatic rings. The average molecular weight is 311 g/mol. The third-order valence-corrected chi connectivity index (χ3v) is 3.96. The number of nitrogen functional groups attached to an aromatic ring is 1. The molecule has 0 aliphatic carbocycles. The van der Waals surface area contributed by atoms with Crippen LogP contribution in [0.5, 0.6) is 0 Å². The van der Waals surface area contributed by atoms with Crippen molar-refractivity contribution in [2.45, 2.75) is 6.92 Å². The molecule has 0 unspecified atom stereocenters. The number of nitrogens with zero attached hydrogens (tertiary/aromatic N) is 5. The Morgan fingerprint density at radius 3 is 2.77 bits per heavy atom. The maximum Gasteiger partial charge on any atom is 0.149 e. The van der Waals surface area contributed by atoms with Crippen molar-refractivity contribution in [1.29, 1.82) is 0 Å². The van der Waals surface area contributed by atoms with Gasteiger partial charge in [-0.15, -0.1) is 0 Å². The van der Waals surface area contributed by atoms with Crippen molar-refractivity contribution < 1.29 is 0 Å². The van der Waals surface area contributed by atoms with Gasteiger partial charge in [-0.1, -0.05) is 11.6 Å². The molecular formula is C15H11ClN6. The van der Waals surface area contributed by atoms with Crippen LogP contribution in [0.4, 0.5) is 5.82 Å². The monoisotopic (exact) mass is 310 g/mol. The van der Waals surface area contributed by atoms with Crippen LogP contribution in [0.3, 0.4) is 0 Å². The molecule has 0 saturated carbocycles. The summed E-state index contributed by atoms with van der Waals surface area (Å²) >= 11 is 6.55. The number of benzene rings is 1. The van der Waals surface area contributed by atoms with Crippen molar-refractivity contribution in [1.82, 2.24) is 24.6 Å². The quantitative estimate of drug-likeness (QED) is 0.584. The average Bonchev–Trinajstić information content (AvgIpc) is 2.99. The number of aromatic nitrogens is 5. The van der Waals surface area contributed by atoms with Crippen LogP contribution in [0.15, 0.2) is 36.8 Å². The molecule has 108 valence electrons. The van der Waals surface area contributed by atoms with E-state index < -0.39 is 0 Å². The lowest BCUT2D eigenvalue weighted by molar-refractivity contribution is 0.942. The van der Waals surface area contributed by atoms with Crippen molar-refractivity contribution in [3.05, 3.63) is 47.5 Å². The molecule has 4 rings (SSSR count). The highest BCUT2D eigenvalue weighted by molar-refractivity contribution is 6.37. The van der Waals surface area contributed by atoms with Crippen LogP contribution in [0.2, 0.25) is 5.02 Å². The van der Waals surface area contributed by atoms with Gasteiger partial charge in [-0.05, 0) is 25.1 Å². The van der Waals surface area contributed by atoms with E-state index in [9.17, 15) is 0 Å². The summed E-state index contributed by atoms with van der Waals surface area (Å²) in [5.41, 5.74) is 10.4. The third kappa shape index (κ3) is 1.74. The Kier molecular flexibility index (Phi) is 2.74. The molecule has 2 N–H and O–H groups in total. The van der Waals surface area contributed by atoms with Crippen LogP contribution in [0, 0.1) is 6.92 Å². The fourth-order valence-corrected chi connectivity index (χ4v) is 2.91. The summed E-state index contributed by atoms with van der Waals surface area (Å²) in [4.78, 5) is 13.0. The van der Waals surface area contributed by atoms with E-state index in [2.05, 4.69) is 20.1 Å². The maximum atomic E-state index is 6.55. The zero-order valence-electron chi connectivity index (χ0n) is 11.7. The van der Waals surface area contributed by atoms with Gasteiger partial charge < -0.3 is 5.73 Å². The number of nitrogens with two attached hydrogens (primary N) is 1. The van der Waals surface area contributed by atoms with E-state index >= 15 is 0 Å². The number of hydrogen-bond acceptors (Lipinski definition) is 5. The van der Waals surface area contributed by atoms with Gasteiger partial charge in [0.25, 0.3) is 0 Å². The lowest BCUT2D eigenvalue weighted by Gasteiger charge is -2.12. The predicted octanol–water partition coefficient (Wildman–Crippen LogP) is 2.88. The van der Waals surface area contributed by atoms with Gasteiger partial charge in [0, 0.05) is 18.0 Å². The lowest BCUT2D eigenvalue weighted by Crippen LogP contribution is -2.04. The van der Waals surface area contributed by atoms with Gasteiger partial charge in [0.2, 0.25) is 0 Å². The van der Waals surface area contributed by atoms with Gasteiger partial charge in [0.15, 0.2) is 0 Å². The second kappa shape index (κ2) is 4.64. The second-order valence-corrected chi connectivity index (χ2v) is 5.29. The van der Waals surface area contributed by atoms with E-state index in [4.69, 9.17) is 17.3 Å². The van der Waals surface area contributed by atoms with E-state index in [0.717, 1.165) is 28.0 Å². The maximum absolute atomic E-state index is 6.55. The normalized spacial score (nSPS) is 11.4. The second-order valence-electron chi connectivity index (χ2n) is 4.91. The minimum absolute atomic E-state index is 0.440. The molecule has 0 atom stereocenters. The molecule has 1 aromatic carbocycles. The summed E-state index contributed by atoms with van der Waals surface area (Å²) in [6, 6.07) is 5.61. The first-order chi connectivity index (χ1) is 10.7. The third-order valence-electron chi connectivity index (χ3n) is 3.58. The van der Waals surface area contributed by atoms with Crippen molar-refractivity contribution in [2.24, 2.45) is 0 Å². The highest BCUT2D eigenvalue weighted by atomic mass is 35.5. The molecule has 0 bridgehead atoms. The fraction of sp³-hybridized carbons (Fsp3) is 0.0667. The van der Waals surface area contributed by atoms with Gasteiger partial charge in [-0.25, -0.2) is 9.50 Å². The van der Waals surface area contributed by atoms with Crippen LogP contribution in [-0.4, -0.2) is 24.6 Å². The Balaban J connectivity index is 2.12. The van der Waals surface area contributed by atoms with Crippen LogP contribution in [-0.2, 0) is 0 Å². The van der Waals surface area contributed by atoms with E-state index in [1.54, 1.807) is 23.1 Å². The number of hydrogen-bond donors (Lipinski definition) is 1. The van der Waals surface area contributed by atoms with E-state index in [-0.39, 0.29) is 0 Å². The summed E-state index contributed by atoms with van der Waals surface area (Å²) in [5.74, 6) is 0.440. The Morgan fingerprint density at radius 2 is 1.91 bits per heavy atom. The first-order valence-electron chi connectivity index (χ1n) is 6.66. The molecule has 0 fully saturated rings. The Bertz CT molecular complexity index is 1020. The first kappa shape index (κ1) is 13.0. The predicted molar refractivity (Wildman–Crippen MR) is 85.7 cm³/mol. The number of aryl methyl sites for hydroxylation is 1. The number of rotatable bonds is 1. The minimum atomic E-state index is 0.440. The zero-order valence-corrected chi connectivity index (χ0v) is 12.4. The summed E-state index contributed by atoms with van der Waals surface area (Å²) < 4.78 is 1.75. The van der Waals surface area contributed by atoms with Gasteiger partial charge in [-0.2, -0.15) is 5.10 Å². The zero-order chi connectivity index (χ0) is 15.3. The molecule has 0 aliphatic heterocycles. The summed E-state index contributed by atoms with van der Waals surface area (Å²) in [7, 11) is 0. The molecule has 6 nitrogen and oxygen atoms in total. The lowest BCUT2D eigenvalue weighted by atomic mass is 10.1. The molecule has 3 aromatic heterocycles. The van der Waals surface area contributed by atoms with E-state index in [1.807, 2.05) is 25.1 Å². The van der Waals surface area contributed by atoms with Gasteiger partial charge in [-0.3, -0.25) is 9.97 Å². The smallest absolute Gasteiger partial charge is 0.149 e. The van der Waals surface area contributed by atoms with Crippen molar-refractivity contribution in [3.63, 3.8) is 0 Å². The van der Waals surface area contributed by atoms with Gasteiger partial charge in [0.05, 0.1) is 28.1 Å². The SMILES string of the molecule is Cc1nc(N)c2ccnn2c1-c1ccc2nccnc2c1Cl. The van der Waals surface area contributed by atoms with Crippen LogP contribution >= 0.6 is 11.6 Å². The number of fused-ring (bicyclic) bond motifs is 2. The van der Waals surface area contributed by atoms with Crippen LogP contribution in [0.25, 0.3) is 27.8 Å². The molecule has 0 saturated heterocycles. The van der Waals surface area contributed by atoms with Crippen LogP contribution in [0.1, 0.15) is 5.69 Å². The molecule has 3 heterocycles. The first-order valence-corrected chi connectivity index (χ1v) is 7.04. The molecule has 0 spiro atoms. The summed E-state index contributed by atoms with van der Waals surface area (Å²) in [5, 5.41) is 4.86. The Hall–Kier alpha value is -2.73. The molecular weight excluding hydrogens is 300 g/mol. The number of anilines is 1. The highest BCUT2D eigenvalue weighted by Crippen LogP contribution is 2.34. The summed E-state index contributed by atoms with van der Waals surface area (Å²) in [6.45, 7) is 1.88. The Morgan fingerprint density at radius 1 is 1.09 bits per heavy atom.